The Labute approximate surface area is 428 Å². The minimum atomic E-state index is -0.169. The summed E-state index contributed by atoms with van der Waals surface area (Å²) in [5, 5.41) is 13.5. The van der Waals surface area contributed by atoms with Crippen molar-refractivity contribution in [3.05, 3.63) is 245 Å². The second-order valence-corrected chi connectivity index (χ2v) is 17.4. The summed E-state index contributed by atoms with van der Waals surface area (Å²) in [6.07, 6.45) is 4.90. The fourth-order valence-electron chi connectivity index (χ4n) is 8.13. The number of anilines is 4. The van der Waals surface area contributed by atoms with Gasteiger partial charge in [-0.25, -0.2) is 15.0 Å². The Balaban J connectivity index is 0.000000148. The van der Waals surface area contributed by atoms with Crippen LogP contribution in [0.1, 0.15) is 63.5 Å². The maximum absolute atomic E-state index is 13.3. The molecule has 10 nitrogen and oxygen atoms in total. The van der Waals surface area contributed by atoms with E-state index in [2.05, 4.69) is 50.7 Å². The average Bonchev–Trinajstić information content (AvgIpc) is 3.41. The van der Waals surface area contributed by atoms with Gasteiger partial charge in [-0.1, -0.05) is 145 Å². The minimum Gasteiger partial charge on any atom is -0.363 e. The number of hydrogen-bond donors (Lipinski definition) is 2. The molecule has 0 saturated carbocycles. The second-order valence-electron chi connectivity index (χ2n) is 16.6. The van der Waals surface area contributed by atoms with Crippen molar-refractivity contribution in [2.24, 2.45) is 0 Å². The molecule has 12 heteroatoms. The zero-order valence-corrected chi connectivity index (χ0v) is 41.4. The van der Waals surface area contributed by atoms with Gasteiger partial charge in [0.1, 0.15) is 16.1 Å². The number of fused-ring (bicyclic) bond motifs is 3. The van der Waals surface area contributed by atoms with Gasteiger partial charge in [-0.2, -0.15) is 0 Å². The number of hydrogen-bond acceptors (Lipinski definition) is 7. The third kappa shape index (κ3) is 12.7. The number of aromatic nitrogens is 3. The lowest BCUT2D eigenvalue weighted by atomic mass is 10.1. The molecule has 3 heterocycles. The number of pyridine rings is 3. The maximum atomic E-state index is 13.3. The van der Waals surface area contributed by atoms with Crippen LogP contribution in [0.25, 0.3) is 32.3 Å². The molecule has 0 radical (unpaired) electrons. The van der Waals surface area contributed by atoms with E-state index in [1.165, 1.54) is 5.56 Å². The molecular weight excluding hydrogens is 938 g/mol. The van der Waals surface area contributed by atoms with Gasteiger partial charge in [0.05, 0.1) is 0 Å². The van der Waals surface area contributed by atoms with Crippen molar-refractivity contribution in [1.29, 1.82) is 0 Å². The van der Waals surface area contributed by atoms with E-state index in [0.717, 1.165) is 49.5 Å². The van der Waals surface area contributed by atoms with E-state index >= 15 is 0 Å². The largest absolute Gasteiger partial charge is 0.363 e. The fraction of sp³-hybridized carbons (Fsp3) is 0.100. The van der Waals surface area contributed by atoms with Crippen LogP contribution in [0.15, 0.2) is 213 Å². The third-order valence-electron chi connectivity index (χ3n) is 11.9. The molecule has 0 spiro atoms. The first-order chi connectivity index (χ1) is 35.1. The molecule has 0 aliphatic heterocycles. The van der Waals surface area contributed by atoms with Gasteiger partial charge in [0.15, 0.2) is 0 Å². The molecule has 0 aliphatic carbocycles. The quantitative estimate of drug-likeness (QED) is 0.124. The first-order valence-corrected chi connectivity index (χ1v) is 24.2. The smallest absolute Gasteiger partial charge is 0.258 e. The molecule has 0 fully saturated rings. The highest BCUT2D eigenvalue weighted by Crippen LogP contribution is 2.26. The molecule has 2 N–H and O–H groups in total. The highest BCUT2D eigenvalue weighted by Gasteiger charge is 2.19. The first kappa shape index (κ1) is 50.0. The Kier molecular flexibility index (Phi) is 16.6. The number of halogens is 2. The van der Waals surface area contributed by atoms with Crippen molar-refractivity contribution in [2.75, 3.05) is 33.5 Å². The van der Waals surface area contributed by atoms with Gasteiger partial charge in [-0.3, -0.25) is 14.4 Å². The van der Waals surface area contributed by atoms with Gasteiger partial charge in [-0.15, -0.1) is 0 Å². The van der Waals surface area contributed by atoms with Gasteiger partial charge in [0.25, 0.3) is 17.7 Å². The van der Waals surface area contributed by atoms with Crippen LogP contribution in [0.4, 0.5) is 22.9 Å². The van der Waals surface area contributed by atoms with E-state index in [4.69, 9.17) is 23.2 Å². The second kappa shape index (κ2) is 23.9. The Bertz CT molecular complexity index is 3500. The van der Waals surface area contributed by atoms with E-state index in [1.807, 2.05) is 159 Å². The summed E-state index contributed by atoms with van der Waals surface area (Å²) in [4.78, 5) is 54.0. The molecule has 7 aromatic carbocycles. The molecule has 0 aliphatic rings. The summed E-state index contributed by atoms with van der Waals surface area (Å²) in [6, 6.07) is 62.1. The van der Waals surface area contributed by atoms with Crippen LogP contribution in [0.5, 0.6) is 0 Å². The van der Waals surface area contributed by atoms with Gasteiger partial charge in [0.2, 0.25) is 0 Å². The van der Waals surface area contributed by atoms with E-state index in [1.54, 1.807) is 58.7 Å². The average molecular weight is 989 g/mol. The summed E-state index contributed by atoms with van der Waals surface area (Å²) in [5.41, 5.74) is 5.34. The van der Waals surface area contributed by atoms with Crippen molar-refractivity contribution < 1.29 is 14.4 Å². The summed E-state index contributed by atoms with van der Waals surface area (Å²) < 4.78 is 0. The molecule has 358 valence electrons. The Morgan fingerprint density at radius 1 is 0.472 bits per heavy atom. The van der Waals surface area contributed by atoms with Gasteiger partial charge in [0, 0.05) is 77.5 Å². The van der Waals surface area contributed by atoms with E-state index in [-0.39, 0.29) is 23.8 Å². The van der Waals surface area contributed by atoms with Crippen molar-refractivity contribution in [1.82, 2.24) is 15.0 Å². The van der Waals surface area contributed by atoms with E-state index in [9.17, 15) is 14.4 Å². The zero-order valence-electron chi connectivity index (χ0n) is 39.9. The molecule has 0 bridgehead atoms. The van der Waals surface area contributed by atoms with Crippen molar-refractivity contribution in [3.8, 4) is 0 Å². The highest BCUT2D eigenvalue weighted by molar-refractivity contribution is 6.30. The van der Waals surface area contributed by atoms with Crippen LogP contribution in [0.3, 0.4) is 0 Å². The predicted molar refractivity (Wildman–Crippen MR) is 296 cm³/mol. The van der Waals surface area contributed by atoms with Gasteiger partial charge >= 0.3 is 0 Å². The molecule has 1 atom stereocenters. The monoisotopic (exact) mass is 987 g/mol. The first-order valence-electron chi connectivity index (χ1n) is 23.5. The molecule has 10 rings (SSSR count). The normalized spacial score (nSPS) is 11.1. The minimum absolute atomic E-state index is 0.0171. The zero-order chi connectivity index (χ0) is 50.4. The van der Waals surface area contributed by atoms with E-state index < -0.39 is 0 Å². The molecule has 0 unspecified atom stereocenters. The molecule has 10 aromatic rings. The van der Waals surface area contributed by atoms with Crippen LogP contribution in [-0.2, 0) is 0 Å². The SMILES string of the molecule is CCN(C(=O)c1ccc2ccccc2c1)c1ccnc(Cl)c1.CCN(C(=O)c1ccc2ccccc2c1)c1ccnc(N[C@@H](C)c2ccccc2)c1.O=C(Nc1ccnc(Cl)c1)c1ccc2ccccc2c1. The number of amides is 3. The van der Waals surface area contributed by atoms with Crippen LogP contribution >= 0.6 is 23.2 Å². The summed E-state index contributed by atoms with van der Waals surface area (Å²) in [5.74, 6) is 0.513. The van der Waals surface area contributed by atoms with Crippen LogP contribution in [0.2, 0.25) is 10.3 Å². The number of benzene rings is 7. The van der Waals surface area contributed by atoms with Crippen LogP contribution in [-0.4, -0.2) is 45.8 Å². The third-order valence-corrected chi connectivity index (χ3v) is 12.3. The van der Waals surface area contributed by atoms with Crippen molar-refractivity contribution in [2.45, 2.75) is 26.8 Å². The summed E-state index contributed by atoms with van der Waals surface area (Å²) in [6.45, 7) is 7.16. The van der Waals surface area contributed by atoms with Gasteiger partial charge < -0.3 is 20.4 Å². The maximum Gasteiger partial charge on any atom is 0.258 e. The number of carbonyl (C=O) groups is 3. The number of nitrogens with zero attached hydrogens (tertiary/aromatic N) is 5. The predicted octanol–water partition coefficient (Wildman–Crippen LogP) is 14.8. The lowest BCUT2D eigenvalue weighted by Crippen LogP contribution is -2.30. The molecule has 72 heavy (non-hydrogen) atoms. The standard InChI is InChI=1S/C26H25N3O.C18H15ClN2O.C16H11ClN2O/c1-3-29(26(30)23-14-13-21-11-7-8-12-22(21)17-23)24-15-16-27-25(18-24)28-19(2)20-9-5-4-6-10-20;1-2-21(16-9-10-20-17(19)12-16)18(22)15-8-7-13-5-3-4-6-14(13)11-15;17-15-10-14(7-8-18-15)19-16(20)13-6-5-11-3-1-2-4-12(11)9-13/h4-19H,3H2,1-2H3,(H,27,28);3-12H,2H2,1H3;1-10H,(H,18,19,20)/t19-;;/m0../s1. The molecule has 3 amide bonds. The number of nitrogens with one attached hydrogen (secondary N) is 2. The van der Waals surface area contributed by atoms with Crippen molar-refractivity contribution >= 4 is 96.1 Å². The number of rotatable bonds is 11. The fourth-order valence-corrected chi connectivity index (χ4v) is 8.47. The Morgan fingerprint density at radius 2 is 0.903 bits per heavy atom. The number of carbonyl (C=O) groups excluding carboxylic acids is 3. The topological polar surface area (TPSA) is 120 Å². The van der Waals surface area contributed by atoms with E-state index in [0.29, 0.717) is 45.8 Å². The highest BCUT2D eigenvalue weighted by atomic mass is 35.5. The van der Waals surface area contributed by atoms with Gasteiger partial charge in [-0.05, 0) is 125 Å². The lowest BCUT2D eigenvalue weighted by molar-refractivity contribution is 0.0980. The lowest BCUT2D eigenvalue weighted by Gasteiger charge is -2.22. The Hall–Kier alpha value is -8.44. The molecule has 0 saturated heterocycles. The van der Waals surface area contributed by atoms with Crippen LogP contribution < -0.4 is 20.4 Å². The summed E-state index contributed by atoms with van der Waals surface area (Å²) >= 11 is 11.7. The van der Waals surface area contributed by atoms with Crippen molar-refractivity contribution in [3.63, 3.8) is 0 Å². The summed E-state index contributed by atoms with van der Waals surface area (Å²) in [7, 11) is 0. The molecular formula is C60H51Cl2N7O3. The Morgan fingerprint density at radius 3 is 1.40 bits per heavy atom. The molecule has 3 aromatic heterocycles. The van der Waals surface area contributed by atoms with Crippen LogP contribution in [0, 0.1) is 0 Å².